The lowest BCUT2D eigenvalue weighted by Gasteiger charge is -2.31. The van der Waals surface area contributed by atoms with Gasteiger partial charge in [-0.25, -0.2) is 18.6 Å². The molecular formula is C27H28F2N4O4. The minimum Gasteiger partial charge on any atom is -0.481 e. The molecule has 37 heavy (non-hydrogen) atoms. The number of hydrogen-bond donors (Lipinski definition) is 1. The van der Waals surface area contributed by atoms with Crippen LogP contribution < -0.4 is 4.90 Å². The molecule has 1 fully saturated rings. The standard InChI is InChI=1S/C27H28F2N4O4/c1-16(13-17-3-5-21(28)22(29)14-17)33-23-6-4-18-7-12-32(27(36)37-2)15-20(18)24(23)30-26(33)31-10-8-19(9-11-31)25(34)35/h3-6,14,19H,1,7-13,15H2,2H3,(H,34,35). The highest BCUT2D eigenvalue weighted by Crippen LogP contribution is 2.35. The van der Waals surface area contributed by atoms with Crippen molar-refractivity contribution in [2.45, 2.75) is 32.2 Å². The van der Waals surface area contributed by atoms with Crippen molar-refractivity contribution < 1.29 is 28.2 Å². The molecule has 3 heterocycles. The molecule has 0 aliphatic carbocycles. The van der Waals surface area contributed by atoms with Gasteiger partial charge in [-0.2, -0.15) is 0 Å². The quantitative estimate of drug-likeness (QED) is 0.546. The van der Waals surface area contributed by atoms with Gasteiger partial charge in [0, 0.05) is 37.3 Å². The lowest BCUT2D eigenvalue weighted by molar-refractivity contribution is -0.142. The third-order valence-corrected chi connectivity index (χ3v) is 7.28. The predicted octanol–water partition coefficient (Wildman–Crippen LogP) is 4.45. The second kappa shape index (κ2) is 9.84. The van der Waals surface area contributed by atoms with E-state index in [1.807, 2.05) is 21.6 Å². The molecule has 0 unspecified atom stereocenters. The van der Waals surface area contributed by atoms with E-state index in [1.54, 1.807) is 4.90 Å². The highest BCUT2D eigenvalue weighted by Gasteiger charge is 2.30. The zero-order chi connectivity index (χ0) is 26.3. The summed E-state index contributed by atoms with van der Waals surface area (Å²) in [5.41, 5.74) is 4.72. The normalized spacial score (nSPS) is 16.1. The average Bonchev–Trinajstić information content (AvgIpc) is 3.30. The second-order valence-electron chi connectivity index (χ2n) is 9.55. The molecule has 3 aromatic rings. The fourth-order valence-electron chi connectivity index (χ4n) is 5.26. The molecule has 2 aliphatic rings. The number of imidazole rings is 1. The number of amides is 1. The highest BCUT2D eigenvalue weighted by molar-refractivity contribution is 5.88. The summed E-state index contributed by atoms with van der Waals surface area (Å²) >= 11 is 0. The number of ether oxygens (including phenoxy) is 1. The van der Waals surface area contributed by atoms with Gasteiger partial charge in [-0.3, -0.25) is 9.36 Å². The number of hydrogen-bond acceptors (Lipinski definition) is 5. The fraction of sp³-hybridized carbons (Fsp3) is 0.370. The van der Waals surface area contributed by atoms with Crippen LogP contribution in [0.25, 0.3) is 16.7 Å². The zero-order valence-corrected chi connectivity index (χ0v) is 20.5. The lowest BCUT2D eigenvalue weighted by Crippen LogP contribution is -2.37. The fourth-order valence-corrected chi connectivity index (χ4v) is 5.26. The summed E-state index contributed by atoms with van der Waals surface area (Å²) in [7, 11) is 1.36. The third-order valence-electron chi connectivity index (χ3n) is 7.28. The van der Waals surface area contributed by atoms with Gasteiger partial charge in [0.05, 0.1) is 30.6 Å². The number of anilines is 1. The number of carboxylic acid groups (broad SMARTS) is 1. The summed E-state index contributed by atoms with van der Waals surface area (Å²) < 4.78 is 34.2. The molecule has 0 saturated carbocycles. The van der Waals surface area contributed by atoms with Crippen molar-refractivity contribution in [3.05, 3.63) is 65.2 Å². The zero-order valence-electron chi connectivity index (χ0n) is 20.5. The van der Waals surface area contributed by atoms with E-state index in [9.17, 15) is 23.5 Å². The number of nitrogens with zero attached hydrogens (tertiary/aromatic N) is 4. The van der Waals surface area contributed by atoms with E-state index in [0.29, 0.717) is 62.7 Å². The van der Waals surface area contributed by atoms with Crippen LogP contribution >= 0.6 is 0 Å². The summed E-state index contributed by atoms with van der Waals surface area (Å²) in [6, 6.07) is 7.78. The van der Waals surface area contributed by atoms with Crippen LogP contribution in [0.5, 0.6) is 0 Å². The van der Waals surface area contributed by atoms with E-state index in [-0.39, 0.29) is 6.42 Å². The van der Waals surface area contributed by atoms with Crippen molar-refractivity contribution in [1.82, 2.24) is 14.5 Å². The van der Waals surface area contributed by atoms with Crippen LogP contribution in [0, 0.1) is 17.6 Å². The van der Waals surface area contributed by atoms with Crippen molar-refractivity contribution in [2.75, 3.05) is 31.6 Å². The molecule has 1 saturated heterocycles. The molecule has 2 aromatic carbocycles. The van der Waals surface area contributed by atoms with Gasteiger partial charge in [0.15, 0.2) is 11.6 Å². The van der Waals surface area contributed by atoms with E-state index in [2.05, 4.69) is 6.58 Å². The molecule has 5 rings (SSSR count). The van der Waals surface area contributed by atoms with Crippen molar-refractivity contribution in [3.8, 4) is 0 Å². The Hall–Kier alpha value is -3.95. The number of carbonyl (C=O) groups excluding carboxylic acids is 1. The minimum absolute atomic E-state index is 0.257. The number of fused-ring (bicyclic) bond motifs is 3. The van der Waals surface area contributed by atoms with Gasteiger partial charge in [-0.15, -0.1) is 0 Å². The second-order valence-corrected chi connectivity index (χ2v) is 9.55. The Bertz CT molecular complexity index is 1390. The minimum atomic E-state index is -0.922. The number of halogens is 2. The molecule has 10 heteroatoms. The number of aromatic nitrogens is 2. The molecule has 194 valence electrons. The van der Waals surface area contributed by atoms with Gasteiger partial charge in [-0.1, -0.05) is 18.7 Å². The molecule has 0 spiro atoms. The van der Waals surface area contributed by atoms with Gasteiger partial charge in [0.1, 0.15) is 0 Å². The number of aliphatic carboxylic acids is 1. The molecule has 1 aromatic heterocycles. The number of piperidine rings is 1. The number of allylic oxidation sites excluding steroid dienone is 1. The van der Waals surface area contributed by atoms with Crippen molar-refractivity contribution in [3.63, 3.8) is 0 Å². The SMILES string of the molecule is C=C(Cc1ccc(F)c(F)c1)n1c(N2CCC(C(=O)O)CC2)nc2c3c(ccc21)CCN(C(=O)OC)C3. The highest BCUT2D eigenvalue weighted by atomic mass is 19.2. The Morgan fingerprint density at radius 1 is 1.14 bits per heavy atom. The first kappa shape index (κ1) is 24.7. The summed E-state index contributed by atoms with van der Waals surface area (Å²) in [6.45, 7) is 6.18. The van der Waals surface area contributed by atoms with Crippen molar-refractivity contribution >= 4 is 34.7 Å². The average molecular weight is 511 g/mol. The van der Waals surface area contributed by atoms with E-state index in [0.717, 1.165) is 34.3 Å². The Labute approximate surface area is 212 Å². The molecule has 8 nitrogen and oxygen atoms in total. The summed E-state index contributed by atoms with van der Waals surface area (Å²) in [4.78, 5) is 32.4. The monoisotopic (exact) mass is 510 g/mol. The predicted molar refractivity (Wildman–Crippen MR) is 134 cm³/mol. The number of methoxy groups -OCH3 is 1. The molecule has 0 atom stereocenters. The smallest absolute Gasteiger partial charge is 0.409 e. The number of benzene rings is 2. The lowest BCUT2D eigenvalue weighted by atomic mass is 9.97. The molecule has 0 bridgehead atoms. The topological polar surface area (TPSA) is 87.9 Å². The van der Waals surface area contributed by atoms with Crippen LogP contribution in [0.3, 0.4) is 0 Å². The van der Waals surface area contributed by atoms with Crippen LogP contribution in [-0.2, 0) is 28.9 Å². The number of carboxylic acids is 1. The van der Waals surface area contributed by atoms with Crippen LogP contribution in [-0.4, -0.2) is 58.4 Å². The maximum Gasteiger partial charge on any atom is 0.409 e. The van der Waals surface area contributed by atoms with E-state index in [4.69, 9.17) is 9.72 Å². The summed E-state index contributed by atoms with van der Waals surface area (Å²) in [6.07, 6.45) is 1.50. The van der Waals surface area contributed by atoms with Crippen molar-refractivity contribution in [2.24, 2.45) is 5.92 Å². The van der Waals surface area contributed by atoms with Crippen LogP contribution in [0.4, 0.5) is 19.5 Å². The van der Waals surface area contributed by atoms with Gasteiger partial charge < -0.3 is 19.6 Å². The summed E-state index contributed by atoms with van der Waals surface area (Å²) in [5.74, 6) is -2.41. The molecule has 2 aliphatic heterocycles. The first-order chi connectivity index (χ1) is 17.8. The van der Waals surface area contributed by atoms with E-state index in [1.165, 1.54) is 13.2 Å². The maximum absolute atomic E-state index is 13.9. The molecule has 1 N–H and O–H groups in total. The Balaban J connectivity index is 1.57. The van der Waals surface area contributed by atoms with Gasteiger partial charge in [0.25, 0.3) is 0 Å². The number of rotatable bonds is 5. The Morgan fingerprint density at radius 2 is 1.89 bits per heavy atom. The largest absolute Gasteiger partial charge is 0.481 e. The molecule has 1 amide bonds. The Kier molecular flexibility index (Phi) is 6.57. The van der Waals surface area contributed by atoms with E-state index >= 15 is 0 Å². The van der Waals surface area contributed by atoms with Crippen LogP contribution in [0.15, 0.2) is 36.9 Å². The van der Waals surface area contributed by atoms with Crippen molar-refractivity contribution in [1.29, 1.82) is 0 Å². The van der Waals surface area contributed by atoms with Gasteiger partial charge in [-0.05, 0) is 48.6 Å². The maximum atomic E-state index is 13.9. The summed E-state index contributed by atoms with van der Waals surface area (Å²) in [5, 5.41) is 9.43. The van der Waals surface area contributed by atoms with Gasteiger partial charge >= 0.3 is 12.1 Å². The Morgan fingerprint density at radius 3 is 2.57 bits per heavy atom. The van der Waals surface area contributed by atoms with Crippen LogP contribution in [0.2, 0.25) is 0 Å². The first-order valence-corrected chi connectivity index (χ1v) is 12.2. The van der Waals surface area contributed by atoms with Crippen LogP contribution in [0.1, 0.15) is 29.5 Å². The molecule has 0 radical (unpaired) electrons. The van der Waals surface area contributed by atoms with E-state index < -0.39 is 29.6 Å². The number of carbonyl (C=O) groups is 2. The third kappa shape index (κ3) is 4.63. The first-order valence-electron chi connectivity index (χ1n) is 12.2. The van der Waals surface area contributed by atoms with Gasteiger partial charge in [0.2, 0.25) is 5.95 Å². The molecular weight excluding hydrogens is 482 g/mol.